The molecule has 1 heterocycles. The Hall–Kier alpha value is -3.15. The van der Waals surface area contributed by atoms with E-state index in [1.54, 1.807) is 26.0 Å². The monoisotopic (exact) mass is 368 g/mol. The fourth-order valence-electron chi connectivity index (χ4n) is 3.03. The maximum absolute atomic E-state index is 5.54. The third-order valence-electron chi connectivity index (χ3n) is 4.24. The highest BCUT2D eigenvalue weighted by atomic mass is 16.5. The molecule has 0 spiro atoms. The van der Waals surface area contributed by atoms with Crippen molar-refractivity contribution in [3.63, 3.8) is 0 Å². The quantitative estimate of drug-likeness (QED) is 0.626. The Morgan fingerprint density at radius 1 is 0.889 bits per heavy atom. The van der Waals surface area contributed by atoms with Crippen molar-refractivity contribution < 1.29 is 18.9 Å². The molecule has 0 bridgehead atoms. The Kier molecular flexibility index (Phi) is 5.54. The molecule has 1 aromatic heterocycles. The zero-order valence-corrected chi connectivity index (χ0v) is 16.3. The minimum atomic E-state index is 0.558. The van der Waals surface area contributed by atoms with Gasteiger partial charge in [0.15, 0.2) is 11.5 Å². The third-order valence-corrected chi connectivity index (χ3v) is 4.24. The molecular formula is C21H24N2O4. The Balaban J connectivity index is 2.11. The van der Waals surface area contributed by atoms with Gasteiger partial charge in [-0.25, -0.2) is 0 Å². The standard InChI is InChI=1S/C21H24N2O4/c1-6-27-16-9-7-14(8-10-16)17-13-23(2)22-20(17)15-11-18(24-3)21(26-5)19(12-15)25-4/h7-13H,6H2,1-5H3. The van der Waals surface area contributed by atoms with E-state index < -0.39 is 0 Å². The fourth-order valence-corrected chi connectivity index (χ4v) is 3.03. The van der Waals surface area contributed by atoms with E-state index in [1.807, 2.05) is 56.6 Å². The van der Waals surface area contributed by atoms with Gasteiger partial charge in [0.1, 0.15) is 11.4 Å². The van der Waals surface area contributed by atoms with Gasteiger partial charge < -0.3 is 18.9 Å². The first-order chi connectivity index (χ1) is 13.1. The smallest absolute Gasteiger partial charge is 0.203 e. The van der Waals surface area contributed by atoms with Crippen molar-refractivity contribution in [2.75, 3.05) is 27.9 Å². The average Bonchev–Trinajstić information content (AvgIpc) is 3.09. The number of rotatable bonds is 7. The lowest BCUT2D eigenvalue weighted by atomic mass is 10.0. The molecule has 0 saturated heterocycles. The van der Waals surface area contributed by atoms with E-state index in [1.165, 1.54) is 0 Å². The van der Waals surface area contributed by atoms with Crippen LogP contribution in [0.3, 0.4) is 0 Å². The summed E-state index contributed by atoms with van der Waals surface area (Å²) in [5.74, 6) is 2.59. The molecule has 0 aliphatic heterocycles. The van der Waals surface area contributed by atoms with Crippen LogP contribution in [0, 0.1) is 0 Å². The summed E-state index contributed by atoms with van der Waals surface area (Å²) in [6, 6.07) is 11.8. The van der Waals surface area contributed by atoms with E-state index in [0.29, 0.717) is 23.9 Å². The number of hydrogen-bond donors (Lipinski definition) is 0. The van der Waals surface area contributed by atoms with Crippen molar-refractivity contribution in [2.45, 2.75) is 6.92 Å². The molecule has 0 N–H and O–H groups in total. The molecule has 27 heavy (non-hydrogen) atoms. The van der Waals surface area contributed by atoms with Crippen LogP contribution in [0.4, 0.5) is 0 Å². The number of nitrogens with zero attached hydrogens (tertiary/aromatic N) is 2. The Bertz CT molecular complexity index is 891. The SMILES string of the molecule is CCOc1ccc(-c2cn(C)nc2-c2cc(OC)c(OC)c(OC)c2)cc1. The zero-order valence-electron chi connectivity index (χ0n) is 16.3. The molecule has 0 saturated carbocycles. The van der Waals surface area contributed by atoms with Gasteiger partial charge in [-0.2, -0.15) is 5.10 Å². The van der Waals surface area contributed by atoms with E-state index in [4.69, 9.17) is 18.9 Å². The van der Waals surface area contributed by atoms with Gasteiger partial charge in [-0.3, -0.25) is 4.68 Å². The van der Waals surface area contributed by atoms with E-state index in [0.717, 1.165) is 28.1 Å². The Morgan fingerprint density at radius 2 is 1.52 bits per heavy atom. The first-order valence-electron chi connectivity index (χ1n) is 8.68. The Morgan fingerprint density at radius 3 is 2.04 bits per heavy atom. The van der Waals surface area contributed by atoms with Crippen LogP contribution in [-0.4, -0.2) is 37.7 Å². The summed E-state index contributed by atoms with van der Waals surface area (Å²) in [7, 11) is 6.70. The van der Waals surface area contributed by atoms with Crippen LogP contribution in [-0.2, 0) is 7.05 Å². The van der Waals surface area contributed by atoms with Crippen LogP contribution in [0.2, 0.25) is 0 Å². The molecular weight excluding hydrogens is 344 g/mol. The lowest BCUT2D eigenvalue weighted by molar-refractivity contribution is 0.324. The molecule has 0 aliphatic rings. The molecule has 0 amide bonds. The van der Waals surface area contributed by atoms with Gasteiger partial charge in [-0.05, 0) is 36.8 Å². The molecule has 0 atom stereocenters. The van der Waals surface area contributed by atoms with Crippen LogP contribution in [0.1, 0.15) is 6.92 Å². The van der Waals surface area contributed by atoms with Gasteiger partial charge in [0.25, 0.3) is 0 Å². The molecule has 0 fully saturated rings. The largest absolute Gasteiger partial charge is 0.494 e. The molecule has 3 rings (SSSR count). The maximum Gasteiger partial charge on any atom is 0.203 e. The van der Waals surface area contributed by atoms with Crippen LogP contribution in [0.25, 0.3) is 22.4 Å². The topological polar surface area (TPSA) is 54.7 Å². The van der Waals surface area contributed by atoms with Gasteiger partial charge in [0, 0.05) is 24.4 Å². The molecule has 0 unspecified atom stereocenters. The maximum atomic E-state index is 5.54. The normalized spacial score (nSPS) is 10.6. The predicted octanol–water partition coefficient (Wildman–Crippen LogP) is 4.18. The second-order valence-corrected chi connectivity index (χ2v) is 5.94. The van der Waals surface area contributed by atoms with Crippen LogP contribution in [0.15, 0.2) is 42.6 Å². The predicted molar refractivity (Wildman–Crippen MR) is 105 cm³/mol. The second kappa shape index (κ2) is 8.03. The minimum Gasteiger partial charge on any atom is -0.494 e. The lowest BCUT2D eigenvalue weighted by Gasteiger charge is -2.14. The van der Waals surface area contributed by atoms with Gasteiger partial charge >= 0.3 is 0 Å². The van der Waals surface area contributed by atoms with Gasteiger partial charge in [-0.15, -0.1) is 0 Å². The summed E-state index contributed by atoms with van der Waals surface area (Å²) >= 11 is 0. The number of hydrogen-bond acceptors (Lipinski definition) is 5. The van der Waals surface area contributed by atoms with Crippen molar-refractivity contribution in [2.24, 2.45) is 7.05 Å². The van der Waals surface area contributed by atoms with Crippen molar-refractivity contribution in [1.29, 1.82) is 0 Å². The second-order valence-electron chi connectivity index (χ2n) is 5.94. The number of aryl methyl sites for hydroxylation is 1. The van der Waals surface area contributed by atoms with E-state index in [9.17, 15) is 0 Å². The molecule has 6 nitrogen and oxygen atoms in total. The zero-order chi connectivity index (χ0) is 19.4. The molecule has 3 aromatic rings. The highest BCUT2D eigenvalue weighted by molar-refractivity contribution is 5.82. The molecule has 2 aromatic carbocycles. The number of benzene rings is 2. The summed E-state index contributed by atoms with van der Waals surface area (Å²) in [5, 5.41) is 4.66. The number of methoxy groups -OCH3 is 3. The lowest BCUT2D eigenvalue weighted by Crippen LogP contribution is -1.96. The number of ether oxygens (including phenoxy) is 4. The third kappa shape index (κ3) is 3.69. The molecule has 0 radical (unpaired) electrons. The van der Waals surface area contributed by atoms with Crippen molar-refractivity contribution >= 4 is 0 Å². The highest BCUT2D eigenvalue weighted by Gasteiger charge is 2.18. The van der Waals surface area contributed by atoms with Crippen LogP contribution < -0.4 is 18.9 Å². The summed E-state index contributed by atoms with van der Waals surface area (Å²) in [5.41, 5.74) is 3.78. The van der Waals surface area contributed by atoms with Crippen molar-refractivity contribution in [3.8, 4) is 45.4 Å². The summed E-state index contributed by atoms with van der Waals surface area (Å²) in [4.78, 5) is 0. The van der Waals surface area contributed by atoms with Crippen molar-refractivity contribution in [3.05, 3.63) is 42.6 Å². The first-order valence-corrected chi connectivity index (χ1v) is 8.68. The minimum absolute atomic E-state index is 0.558. The van der Waals surface area contributed by atoms with Crippen molar-refractivity contribution in [1.82, 2.24) is 9.78 Å². The molecule has 6 heteroatoms. The number of aromatic nitrogens is 2. The van der Waals surface area contributed by atoms with E-state index in [2.05, 4.69) is 5.10 Å². The van der Waals surface area contributed by atoms with Gasteiger partial charge in [0.2, 0.25) is 5.75 Å². The summed E-state index contributed by atoms with van der Waals surface area (Å²) < 4.78 is 23.7. The molecule has 142 valence electrons. The summed E-state index contributed by atoms with van der Waals surface area (Å²) in [6.45, 7) is 2.61. The van der Waals surface area contributed by atoms with E-state index in [-0.39, 0.29) is 0 Å². The average molecular weight is 368 g/mol. The van der Waals surface area contributed by atoms with E-state index >= 15 is 0 Å². The van der Waals surface area contributed by atoms with Gasteiger partial charge in [-0.1, -0.05) is 12.1 Å². The van der Waals surface area contributed by atoms with Crippen LogP contribution in [0.5, 0.6) is 23.0 Å². The Labute approximate surface area is 159 Å². The van der Waals surface area contributed by atoms with Crippen LogP contribution >= 0.6 is 0 Å². The fraction of sp³-hybridized carbons (Fsp3) is 0.286. The molecule has 0 aliphatic carbocycles. The first kappa shape index (κ1) is 18.6. The highest BCUT2D eigenvalue weighted by Crippen LogP contribution is 2.42. The van der Waals surface area contributed by atoms with Gasteiger partial charge in [0.05, 0.1) is 27.9 Å². The summed E-state index contributed by atoms with van der Waals surface area (Å²) in [6.07, 6.45) is 1.99.